The Morgan fingerprint density at radius 2 is 2.11 bits per heavy atom. The number of nitrogens with zero attached hydrogens (tertiary/aromatic N) is 2. The molecule has 1 aromatic heterocycles. The highest BCUT2D eigenvalue weighted by atomic mass is 15.3. The largest absolute Gasteiger partial charge is 0.305 e. The minimum Gasteiger partial charge on any atom is -0.305 e. The van der Waals surface area contributed by atoms with E-state index < -0.39 is 0 Å². The molecule has 1 aromatic carbocycles. The van der Waals surface area contributed by atoms with Crippen molar-refractivity contribution in [2.75, 3.05) is 6.54 Å². The normalized spacial score (nSPS) is 12.6. The molecule has 0 saturated heterocycles. The maximum absolute atomic E-state index is 4.39. The van der Waals surface area contributed by atoms with Crippen LogP contribution in [0.1, 0.15) is 43.1 Å². The second-order valence-corrected chi connectivity index (χ2v) is 4.87. The zero-order valence-electron chi connectivity index (χ0n) is 12.1. The fraction of sp³-hybridized carbons (Fsp3) is 0.438. The summed E-state index contributed by atoms with van der Waals surface area (Å²) < 4.78 is 2.07. The lowest BCUT2D eigenvalue weighted by atomic mass is 10.0. The molecule has 0 fully saturated rings. The average Bonchev–Trinajstić information content (AvgIpc) is 2.88. The van der Waals surface area contributed by atoms with E-state index in [2.05, 4.69) is 66.2 Å². The number of benzene rings is 1. The summed E-state index contributed by atoms with van der Waals surface area (Å²) in [5.74, 6) is 0. The predicted molar refractivity (Wildman–Crippen MR) is 79.2 cm³/mol. The maximum atomic E-state index is 4.39. The molecule has 1 atom stereocenters. The first kappa shape index (κ1) is 13.8. The first-order valence-corrected chi connectivity index (χ1v) is 7.08. The van der Waals surface area contributed by atoms with Crippen LogP contribution < -0.4 is 5.32 Å². The van der Waals surface area contributed by atoms with Gasteiger partial charge in [-0.25, -0.2) is 0 Å². The van der Waals surface area contributed by atoms with E-state index >= 15 is 0 Å². The van der Waals surface area contributed by atoms with Gasteiger partial charge in [0.25, 0.3) is 0 Å². The molecule has 0 aliphatic carbocycles. The number of hydrogen-bond acceptors (Lipinski definition) is 2. The molecule has 102 valence electrons. The van der Waals surface area contributed by atoms with Crippen molar-refractivity contribution in [3.8, 4) is 0 Å². The summed E-state index contributed by atoms with van der Waals surface area (Å²) in [6, 6.07) is 11.0. The first-order valence-electron chi connectivity index (χ1n) is 7.08. The van der Waals surface area contributed by atoms with Crippen LogP contribution in [0.5, 0.6) is 0 Å². The predicted octanol–water partition coefficient (Wildman–Crippen LogP) is 3.30. The molecule has 3 nitrogen and oxygen atoms in total. The van der Waals surface area contributed by atoms with Gasteiger partial charge in [0, 0.05) is 12.7 Å². The van der Waals surface area contributed by atoms with Crippen LogP contribution in [-0.2, 0) is 6.54 Å². The second kappa shape index (κ2) is 6.53. The van der Waals surface area contributed by atoms with Gasteiger partial charge in [-0.05, 0) is 38.4 Å². The highest BCUT2D eigenvalue weighted by molar-refractivity contribution is 5.31. The molecule has 19 heavy (non-hydrogen) atoms. The van der Waals surface area contributed by atoms with Crippen molar-refractivity contribution < 1.29 is 0 Å². The molecule has 0 aliphatic heterocycles. The van der Waals surface area contributed by atoms with E-state index in [4.69, 9.17) is 0 Å². The number of hydrogen-bond donors (Lipinski definition) is 1. The van der Waals surface area contributed by atoms with Gasteiger partial charge in [-0.3, -0.25) is 4.68 Å². The molecule has 0 aliphatic rings. The van der Waals surface area contributed by atoms with Crippen LogP contribution in [0, 0.1) is 6.92 Å². The quantitative estimate of drug-likeness (QED) is 0.860. The zero-order valence-corrected chi connectivity index (χ0v) is 12.1. The Labute approximate surface area is 115 Å². The van der Waals surface area contributed by atoms with Gasteiger partial charge in [-0.2, -0.15) is 5.10 Å². The molecule has 0 saturated carbocycles. The van der Waals surface area contributed by atoms with Crippen LogP contribution in [0.3, 0.4) is 0 Å². The lowest BCUT2D eigenvalue weighted by Gasteiger charge is -2.20. The number of aromatic nitrogens is 2. The topological polar surface area (TPSA) is 29.9 Å². The van der Waals surface area contributed by atoms with Crippen molar-refractivity contribution in [3.05, 3.63) is 53.3 Å². The fourth-order valence-electron chi connectivity index (χ4n) is 2.38. The van der Waals surface area contributed by atoms with Crippen molar-refractivity contribution >= 4 is 0 Å². The molecule has 1 heterocycles. The van der Waals surface area contributed by atoms with Gasteiger partial charge in [-0.1, -0.05) is 36.8 Å². The van der Waals surface area contributed by atoms with Gasteiger partial charge in [-0.15, -0.1) is 0 Å². The molecule has 0 radical (unpaired) electrons. The number of rotatable bonds is 6. The molecule has 2 rings (SSSR count). The van der Waals surface area contributed by atoms with E-state index in [0.717, 1.165) is 19.5 Å². The zero-order chi connectivity index (χ0) is 13.7. The smallest absolute Gasteiger partial charge is 0.0748 e. The molecule has 0 bridgehead atoms. The van der Waals surface area contributed by atoms with Crippen LogP contribution in [0.2, 0.25) is 0 Å². The lowest BCUT2D eigenvalue weighted by Crippen LogP contribution is -2.25. The molecule has 3 heteroatoms. The Morgan fingerprint density at radius 3 is 2.79 bits per heavy atom. The van der Waals surface area contributed by atoms with Crippen molar-refractivity contribution in [1.82, 2.24) is 15.1 Å². The van der Waals surface area contributed by atoms with Gasteiger partial charge < -0.3 is 5.32 Å². The Kier molecular flexibility index (Phi) is 4.74. The Morgan fingerprint density at radius 1 is 1.26 bits per heavy atom. The monoisotopic (exact) mass is 257 g/mol. The molecular weight excluding hydrogens is 234 g/mol. The van der Waals surface area contributed by atoms with Gasteiger partial charge in [0.15, 0.2) is 0 Å². The third-order valence-electron chi connectivity index (χ3n) is 3.32. The van der Waals surface area contributed by atoms with E-state index in [9.17, 15) is 0 Å². The standard InChI is InChI=1S/C16H23N3/c1-4-10-17-16(14-8-6-7-13(3)12-14)15-9-11-18-19(15)5-2/h6-9,11-12,16-17H,4-5,10H2,1-3H3. The Balaban J connectivity index is 2.35. The number of nitrogens with one attached hydrogen (secondary N) is 1. The Bertz CT molecular complexity index is 516. The van der Waals surface area contributed by atoms with Gasteiger partial charge in [0.05, 0.1) is 11.7 Å². The molecule has 0 amide bonds. The minimum atomic E-state index is 0.224. The summed E-state index contributed by atoms with van der Waals surface area (Å²) in [4.78, 5) is 0. The summed E-state index contributed by atoms with van der Waals surface area (Å²) in [5.41, 5.74) is 3.84. The molecule has 0 spiro atoms. The van der Waals surface area contributed by atoms with Crippen LogP contribution >= 0.6 is 0 Å². The van der Waals surface area contributed by atoms with Crippen molar-refractivity contribution in [2.45, 2.75) is 39.8 Å². The van der Waals surface area contributed by atoms with E-state index in [1.165, 1.54) is 16.8 Å². The van der Waals surface area contributed by atoms with Crippen LogP contribution in [0.25, 0.3) is 0 Å². The fourth-order valence-corrected chi connectivity index (χ4v) is 2.38. The molecule has 2 aromatic rings. The van der Waals surface area contributed by atoms with Crippen molar-refractivity contribution in [2.24, 2.45) is 0 Å². The average molecular weight is 257 g/mol. The summed E-state index contributed by atoms with van der Waals surface area (Å²) in [5, 5.41) is 8.02. The van der Waals surface area contributed by atoms with Crippen molar-refractivity contribution in [3.63, 3.8) is 0 Å². The second-order valence-electron chi connectivity index (χ2n) is 4.87. The van der Waals surface area contributed by atoms with E-state index in [-0.39, 0.29) is 6.04 Å². The third-order valence-corrected chi connectivity index (χ3v) is 3.32. The SMILES string of the molecule is CCCNC(c1cccc(C)c1)c1ccnn1CC. The maximum Gasteiger partial charge on any atom is 0.0748 e. The van der Waals surface area contributed by atoms with E-state index in [1.807, 2.05) is 6.20 Å². The summed E-state index contributed by atoms with van der Waals surface area (Å²) in [7, 11) is 0. The summed E-state index contributed by atoms with van der Waals surface area (Å²) >= 11 is 0. The van der Waals surface area contributed by atoms with Crippen LogP contribution in [0.4, 0.5) is 0 Å². The minimum absolute atomic E-state index is 0.224. The summed E-state index contributed by atoms with van der Waals surface area (Å²) in [6.07, 6.45) is 3.01. The molecule has 1 unspecified atom stereocenters. The number of aryl methyl sites for hydroxylation is 2. The first-order chi connectivity index (χ1) is 9.26. The Hall–Kier alpha value is -1.61. The molecular formula is C16H23N3. The van der Waals surface area contributed by atoms with Gasteiger partial charge in [0.1, 0.15) is 0 Å². The van der Waals surface area contributed by atoms with E-state index in [0.29, 0.717) is 0 Å². The third kappa shape index (κ3) is 3.24. The summed E-state index contributed by atoms with van der Waals surface area (Å²) in [6.45, 7) is 8.37. The van der Waals surface area contributed by atoms with Gasteiger partial charge >= 0.3 is 0 Å². The van der Waals surface area contributed by atoms with Gasteiger partial charge in [0.2, 0.25) is 0 Å². The van der Waals surface area contributed by atoms with E-state index in [1.54, 1.807) is 0 Å². The molecule has 1 N–H and O–H groups in total. The van der Waals surface area contributed by atoms with Crippen LogP contribution in [-0.4, -0.2) is 16.3 Å². The highest BCUT2D eigenvalue weighted by Gasteiger charge is 2.17. The van der Waals surface area contributed by atoms with Crippen LogP contribution in [0.15, 0.2) is 36.5 Å². The van der Waals surface area contributed by atoms with Crippen molar-refractivity contribution in [1.29, 1.82) is 0 Å². The highest BCUT2D eigenvalue weighted by Crippen LogP contribution is 2.22. The lowest BCUT2D eigenvalue weighted by molar-refractivity contribution is 0.529.